The number of methoxy groups -OCH3 is 2. The van der Waals surface area contributed by atoms with Gasteiger partial charge in [-0.25, -0.2) is 0 Å². The molecule has 3 N–H and O–H groups in total. The van der Waals surface area contributed by atoms with Crippen LogP contribution in [0, 0.1) is 5.41 Å². The number of nitrogens with zero attached hydrogens (tertiary/aromatic N) is 1. The third kappa shape index (κ3) is 5.00. The molecule has 0 saturated carbocycles. The molecule has 2 heterocycles. The predicted octanol–water partition coefficient (Wildman–Crippen LogP) is 2.25. The molecule has 1 fully saturated rings. The normalized spacial score (nSPS) is 15.6. The van der Waals surface area contributed by atoms with Gasteiger partial charge in [-0.1, -0.05) is 0 Å². The molecule has 1 aliphatic rings. The Bertz CT molecular complexity index is 721. The van der Waals surface area contributed by atoms with Crippen molar-refractivity contribution in [2.45, 2.75) is 12.8 Å². The van der Waals surface area contributed by atoms with E-state index in [0.717, 1.165) is 37.2 Å². The Morgan fingerprint density at radius 1 is 1.22 bits per heavy atom. The van der Waals surface area contributed by atoms with E-state index in [1.54, 1.807) is 20.4 Å². The van der Waals surface area contributed by atoms with E-state index in [1.807, 2.05) is 24.3 Å². The molecule has 7 nitrogen and oxygen atoms in total. The van der Waals surface area contributed by atoms with Gasteiger partial charge in [0.1, 0.15) is 5.75 Å². The van der Waals surface area contributed by atoms with E-state index >= 15 is 0 Å². The second-order valence-electron chi connectivity index (χ2n) is 6.75. The number of halogens is 1. The van der Waals surface area contributed by atoms with Crippen LogP contribution in [0.25, 0.3) is 11.3 Å². The molecule has 0 aliphatic carbocycles. The van der Waals surface area contributed by atoms with E-state index in [0.29, 0.717) is 24.4 Å². The topological polar surface area (TPSA) is 88.3 Å². The van der Waals surface area contributed by atoms with Crippen LogP contribution in [0.2, 0.25) is 0 Å². The molecule has 1 saturated heterocycles. The smallest absolute Gasteiger partial charge is 0.255 e. The van der Waals surface area contributed by atoms with Crippen LogP contribution in [0.5, 0.6) is 5.75 Å². The van der Waals surface area contributed by atoms with Crippen LogP contribution in [0.4, 0.5) is 0 Å². The van der Waals surface area contributed by atoms with E-state index in [9.17, 15) is 4.79 Å². The summed E-state index contributed by atoms with van der Waals surface area (Å²) in [6.07, 6.45) is 3.54. The second kappa shape index (κ2) is 9.73. The van der Waals surface area contributed by atoms with E-state index < -0.39 is 0 Å². The molecule has 3 rings (SSSR count). The first-order valence-electron chi connectivity index (χ1n) is 8.83. The van der Waals surface area contributed by atoms with Gasteiger partial charge in [0.05, 0.1) is 31.2 Å². The Balaban J connectivity index is 0.00000261. The molecule has 8 heteroatoms. The Labute approximate surface area is 165 Å². The van der Waals surface area contributed by atoms with Crippen LogP contribution in [0.1, 0.15) is 23.2 Å². The maximum absolute atomic E-state index is 12.8. The van der Waals surface area contributed by atoms with Crippen molar-refractivity contribution in [2.24, 2.45) is 5.41 Å². The van der Waals surface area contributed by atoms with Crippen molar-refractivity contribution in [1.82, 2.24) is 20.8 Å². The van der Waals surface area contributed by atoms with Gasteiger partial charge < -0.3 is 20.1 Å². The van der Waals surface area contributed by atoms with Gasteiger partial charge in [-0.2, -0.15) is 5.10 Å². The lowest BCUT2D eigenvalue weighted by molar-refractivity contribution is 0.0512. The summed E-state index contributed by atoms with van der Waals surface area (Å²) < 4.78 is 10.6. The fraction of sp³-hybridized carbons (Fsp3) is 0.474. The van der Waals surface area contributed by atoms with Crippen molar-refractivity contribution in [3.8, 4) is 17.0 Å². The Kier molecular flexibility index (Phi) is 7.65. The molecule has 148 valence electrons. The van der Waals surface area contributed by atoms with Gasteiger partial charge in [0, 0.05) is 24.6 Å². The van der Waals surface area contributed by atoms with Gasteiger partial charge in [-0.05, 0) is 50.2 Å². The van der Waals surface area contributed by atoms with Crippen LogP contribution < -0.4 is 15.4 Å². The first-order valence-corrected chi connectivity index (χ1v) is 8.83. The average molecular weight is 395 g/mol. The monoisotopic (exact) mass is 394 g/mol. The first-order chi connectivity index (χ1) is 12.7. The van der Waals surface area contributed by atoms with Crippen LogP contribution in [0.3, 0.4) is 0 Å². The molecule has 1 amide bonds. The molecule has 0 unspecified atom stereocenters. The van der Waals surface area contributed by atoms with Gasteiger partial charge >= 0.3 is 0 Å². The van der Waals surface area contributed by atoms with Crippen molar-refractivity contribution >= 4 is 18.3 Å². The van der Waals surface area contributed by atoms with Crippen LogP contribution in [-0.2, 0) is 4.74 Å². The molecular formula is C19H27ClN4O3. The molecule has 2 aromatic rings. The quantitative estimate of drug-likeness (QED) is 0.670. The number of H-pyrrole nitrogens is 1. The third-order valence-corrected chi connectivity index (χ3v) is 5.00. The van der Waals surface area contributed by atoms with Gasteiger partial charge in [-0.3, -0.25) is 9.89 Å². The lowest BCUT2D eigenvalue weighted by Crippen LogP contribution is -2.47. The summed E-state index contributed by atoms with van der Waals surface area (Å²) in [7, 11) is 3.34. The Hall–Kier alpha value is -2.09. The predicted molar refractivity (Wildman–Crippen MR) is 107 cm³/mol. The first kappa shape index (κ1) is 21.2. The number of carbonyl (C=O) groups excluding carboxylic acids is 1. The standard InChI is InChI=1S/C19H26N4O3.ClH/c1-25-13-19(7-9-20-10-8-19)12-21-18(24)16-11-22-23-17(16)14-3-5-15(26-2)6-4-14;/h3-6,11,20H,7-10,12-13H2,1-2H3,(H,21,24)(H,22,23);1H. The maximum Gasteiger partial charge on any atom is 0.255 e. The molecule has 1 aliphatic heterocycles. The zero-order valence-electron chi connectivity index (χ0n) is 15.7. The summed E-state index contributed by atoms with van der Waals surface area (Å²) >= 11 is 0. The number of nitrogens with one attached hydrogen (secondary N) is 3. The fourth-order valence-corrected chi connectivity index (χ4v) is 3.43. The van der Waals surface area contributed by atoms with Crippen LogP contribution in [-0.4, -0.2) is 56.6 Å². The lowest BCUT2D eigenvalue weighted by atomic mass is 9.79. The number of aromatic amines is 1. The molecule has 0 bridgehead atoms. The van der Waals surface area contributed by atoms with Gasteiger partial charge in [0.15, 0.2) is 0 Å². The molecule has 1 aromatic heterocycles. The minimum atomic E-state index is -0.126. The number of benzene rings is 1. The summed E-state index contributed by atoms with van der Waals surface area (Å²) in [5.74, 6) is 0.644. The maximum atomic E-state index is 12.8. The van der Waals surface area contributed by atoms with E-state index in [-0.39, 0.29) is 23.7 Å². The lowest BCUT2D eigenvalue weighted by Gasteiger charge is -2.37. The minimum absolute atomic E-state index is 0. The minimum Gasteiger partial charge on any atom is -0.497 e. The van der Waals surface area contributed by atoms with Gasteiger partial charge in [0.25, 0.3) is 5.91 Å². The third-order valence-electron chi connectivity index (χ3n) is 5.00. The van der Waals surface area contributed by atoms with E-state index in [2.05, 4.69) is 20.8 Å². The van der Waals surface area contributed by atoms with E-state index in [4.69, 9.17) is 9.47 Å². The number of amides is 1. The van der Waals surface area contributed by atoms with Crippen molar-refractivity contribution < 1.29 is 14.3 Å². The average Bonchev–Trinajstić information content (AvgIpc) is 3.17. The van der Waals surface area contributed by atoms with E-state index in [1.165, 1.54) is 0 Å². The molecule has 1 aromatic carbocycles. The van der Waals surface area contributed by atoms with Crippen molar-refractivity contribution in [3.05, 3.63) is 36.0 Å². The second-order valence-corrected chi connectivity index (χ2v) is 6.75. The summed E-state index contributed by atoms with van der Waals surface area (Å²) in [6.45, 7) is 3.13. The zero-order valence-corrected chi connectivity index (χ0v) is 16.5. The van der Waals surface area contributed by atoms with Gasteiger partial charge in [-0.15, -0.1) is 12.4 Å². The Morgan fingerprint density at radius 3 is 2.56 bits per heavy atom. The highest BCUT2D eigenvalue weighted by Crippen LogP contribution is 2.29. The molecule has 27 heavy (non-hydrogen) atoms. The highest BCUT2D eigenvalue weighted by molar-refractivity contribution is 5.99. The highest BCUT2D eigenvalue weighted by Gasteiger charge is 2.32. The largest absolute Gasteiger partial charge is 0.497 e. The highest BCUT2D eigenvalue weighted by atomic mass is 35.5. The summed E-state index contributed by atoms with van der Waals surface area (Å²) in [6, 6.07) is 7.53. The van der Waals surface area contributed by atoms with Crippen molar-refractivity contribution in [1.29, 1.82) is 0 Å². The number of piperidine rings is 1. The summed E-state index contributed by atoms with van der Waals surface area (Å²) in [5, 5.41) is 13.4. The van der Waals surface area contributed by atoms with Crippen LogP contribution in [0.15, 0.2) is 30.5 Å². The molecule has 0 spiro atoms. The molecule has 0 radical (unpaired) electrons. The molecule has 0 atom stereocenters. The zero-order chi connectivity index (χ0) is 18.4. The van der Waals surface area contributed by atoms with Crippen LogP contribution >= 0.6 is 12.4 Å². The van der Waals surface area contributed by atoms with Crippen molar-refractivity contribution in [3.63, 3.8) is 0 Å². The Morgan fingerprint density at radius 2 is 1.93 bits per heavy atom. The number of carbonyl (C=O) groups is 1. The number of ether oxygens (including phenoxy) is 2. The summed E-state index contributed by atoms with van der Waals surface area (Å²) in [5.41, 5.74) is 2.12. The fourth-order valence-electron chi connectivity index (χ4n) is 3.43. The summed E-state index contributed by atoms with van der Waals surface area (Å²) in [4.78, 5) is 12.8. The van der Waals surface area contributed by atoms with Gasteiger partial charge in [0.2, 0.25) is 0 Å². The number of aromatic nitrogens is 2. The SMILES string of the molecule is COCC1(CNC(=O)c2cn[nH]c2-c2ccc(OC)cc2)CCNCC1.Cl. The number of hydrogen-bond acceptors (Lipinski definition) is 5. The molecular weight excluding hydrogens is 368 g/mol. The number of rotatable bonds is 7. The van der Waals surface area contributed by atoms with Crippen molar-refractivity contribution in [2.75, 3.05) is 40.5 Å². The number of hydrogen-bond donors (Lipinski definition) is 3.